The van der Waals surface area contributed by atoms with E-state index in [1.54, 1.807) is 17.9 Å². The second-order valence-electron chi connectivity index (χ2n) is 9.04. The summed E-state index contributed by atoms with van der Waals surface area (Å²) in [5, 5.41) is 2.91. The van der Waals surface area contributed by atoms with Crippen molar-refractivity contribution in [2.45, 2.75) is 66.0 Å². The number of carbonyl (C=O) groups excluding carboxylic acids is 2. The van der Waals surface area contributed by atoms with Crippen LogP contribution < -0.4 is 9.62 Å². The summed E-state index contributed by atoms with van der Waals surface area (Å²) in [6, 6.07) is 14.5. The number of benzene rings is 2. The fraction of sp³-hybridized carbons (Fsp3) is 0.481. The number of rotatable bonds is 13. The topological polar surface area (TPSA) is 86.8 Å². The van der Waals surface area contributed by atoms with Gasteiger partial charge in [0.2, 0.25) is 21.8 Å². The monoisotopic (exact) mass is 501 g/mol. The third-order valence-corrected chi connectivity index (χ3v) is 7.32. The van der Waals surface area contributed by atoms with Crippen molar-refractivity contribution in [3.63, 3.8) is 0 Å². The van der Waals surface area contributed by atoms with Crippen molar-refractivity contribution in [1.82, 2.24) is 10.2 Å². The molecule has 0 aliphatic rings. The number of nitrogens with zero attached hydrogens (tertiary/aromatic N) is 2. The van der Waals surface area contributed by atoms with E-state index in [0.717, 1.165) is 29.5 Å². The van der Waals surface area contributed by atoms with E-state index in [1.807, 2.05) is 56.3 Å². The van der Waals surface area contributed by atoms with Crippen LogP contribution in [0.4, 0.5) is 5.69 Å². The van der Waals surface area contributed by atoms with Gasteiger partial charge in [-0.1, -0.05) is 49.7 Å². The van der Waals surface area contributed by atoms with Crippen LogP contribution in [0.3, 0.4) is 0 Å². The molecular formula is C27H39N3O4S. The number of amides is 2. The van der Waals surface area contributed by atoms with Gasteiger partial charge in [0.15, 0.2) is 0 Å². The lowest BCUT2D eigenvalue weighted by Crippen LogP contribution is -2.47. The second-order valence-corrected chi connectivity index (χ2v) is 10.9. The molecule has 0 heterocycles. The van der Waals surface area contributed by atoms with Crippen LogP contribution in [-0.4, -0.2) is 50.5 Å². The molecule has 2 amide bonds. The number of unbranched alkanes of at least 4 members (excludes halogenated alkanes) is 1. The van der Waals surface area contributed by atoms with Gasteiger partial charge in [0, 0.05) is 26.1 Å². The van der Waals surface area contributed by atoms with Gasteiger partial charge in [0.25, 0.3) is 0 Å². The SMILES string of the molecule is CCCCNC(=O)[C@H](C)N(Cc1ccccc1)C(=O)CCCN(c1ccc(C)c(C)c1)S(C)(=O)=O. The molecule has 0 spiro atoms. The van der Waals surface area contributed by atoms with Gasteiger partial charge in [-0.05, 0) is 62.4 Å². The zero-order chi connectivity index (χ0) is 26.0. The molecule has 2 aromatic carbocycles. The van der Waals surface area contributed by atoms with Gasteiger partial charge in [0.1, 0.15) is 6.04 Å². The molecule has 1 atom stereocenters. The minimum atomic E-state index is -3.51. The Morgan fingerprint density at radius 2 is 1.69 bits per heavy atom. The third kappa shape index (κ3) is 8.69. The highest BCUT2D eigenvalue weighted by atomic mass is 32.2. The van der Waals surface area contributed by atoms with Crippen molar-refractivity contribution in [2.24, 2.45) is 0 Å². The summed E-state index contributed by atoms with van der Waals surface area (Å²) in [6.07, 6.45) is 3.50. The maximum atomic E-state index is 13.3. The van der Waals surface area contributed by atoms with Gasteiger partial charge in [-0.25, -0.2) is 8.42 Å². The first-order chi connectivity index (χ1) is 16.5. The lowest BCUT2D eigenvalue weighted by Gasteiger charge is -2.29. The third-order valence-electron chi connectivity index (χ3n) is 6.12. The predicted octanol–water partition coefficient (Wildman–Crippen LogP) is 4.18. The van der Waals surface area contributed by atoms with E-state index in [2.05, 4.69) is 12.2 Å². The molecular weight excluding hydrogens is 462 g/mol. The second kappa shape index (κ2) is 13.3. The van der Waals surface area contributed by atoms with Crippen LogP contribution in [0.5, 0.6) is 0 Å². The van der Waals surface area contributed by atoms with Gasteiger partial charge in [-0.2, -0.15) is 0 Å². The van der Waals surface area contributed by atoms with Crippen molar-refractivity contribution in [3.05, 3.63) is 65.2 Å². The van der Waals surface area contributed by atoms with Crippen molar-refractivity contribution in [3.8, 4) is 0 Å². The lowest BCUT2D eigenvalue weighted by molar-refractivity contribution is -0.140. The van der Waals surface area contributed by atoms with Crippen LogP contribution in [0, 0.1) is 13.8 Å². The van der Waals surface area contributed by atoms with E-state index in [9.17, 15) is 18.0 Å². The minimum absolute atomic E-state index is 0.135. The molecule has 0 unspecified atom stereocenters. The molecule has 0 saturated heterocycles. The smallest absolute Gasteiger partial charge is 0.242 e. The molecule has 2 rings (SSSR count). The Bertz CT molecular complexity index is 1090. The van der Waals surface area contributed by atoms with Crippen LogP contribution in [0.15, 0.2) is 48.5 Å². The van der Waals surface area contributed by atoms with E-state index in [4.69, 9.17) is 0 Å². The van der Waals surface area contributed by atoms with E-state index in [-0.39, 0.29) is 24.8 Å². The highest BCUT2D eigenvalue weighted by Crippen LogP contribution is 2.22. The molecule has 1 N–H and O–H groups in total. The summed E-state index contributed by atoms with van der Waals surface area (Å²) in [7, 11) is -3.51. The molecule has 0 bridgehead atoms. The molecule has 35 heavy (non-hydrogen) atoms. The van der Waals surface area contributed by atoms with Crippen LogP contribution in [0.25, 0.3) is 0 Å². The largest absolute Gasteiger partial charge is 0.354 e. The number of hydrogen-bond donors (Lipinski definition) is 1. The predicted molar refractivity (Wildman–Crippen MR) is 142 cm³/mol. The van der Waals surface area contributed by atoms with Crippen LogP contribution in [0.1, 0.15) is 56.2 Å². The highest BCUT2D eigenvalue weighted by molar-refractivity contribution is 7.92. The molecule has 192 valence electrons. The Labute approximate surface area is 210 Å². The number of sulfonamides is 1. The van der Waals surface area contributed by atoms with Crippen molar-refractivity contribution in [1.29, 1.82) is 0 Å². The Hall–Kier alpha value is -2.87. The maximum Gasteiger partial charge on any atom is 0.242 e. The van der Waals surface area contributed by atoms with Crippen LogP contribution >= 0.6 is 0 Å². The van der Waals surface area contributed by atoms with Crippen molar-refractivity contribution < 1.29 is 18.0 Å². The fourth-order valence-corrected chi connectivity index (χ4v) is 4.74. The molecule has 0 aromatic heterocycles. The number of nitrogens with one attached hydrogen (secondary N) is 1. The fourth-order valence-electron chi connectivity index (χ4n) is 3.78. The summed E-state index contributed by atoms with van der Waals surface area (Å²) in [5.41, 5.74) is 3.61. The Morgan fingerprint density at radius 3 is 2.29 bits per heavy atom. The molecule has 0 saturated carbocycles. The first-order valence-corrected chi connectivity index (χ1v) is 14.1. The van der Waals surface area contributed by atoms with E-state index in [1.165, 1.54) is 10.6 Å². The molecule has 7 nitrogen and oxygen atoms in total. The van der Waals surface area contributed by atoms with Gasteiger partial charge in [-0.15, -0.1) is 0 Å². The van der Waals surface area contributed by atoms with Crippen LogP contribution in [0.2, 0.25) is 0 Å². The van der Waals surface area contributed by atoms with Gasteiger partial charge in [0.05, 0.1) is 11.9 Å². The quantitative estimate of drug-likeness (QED) is 0.417. The van der Waals surface area contributed by atoms with E-state index >= 15 is 0 Å². The van der Waals surface area contributed by atoms with Crippen molar-refractivity contribution >= 4 is 27.5 Å². The molecule has 0 aliphatic heterocycles. The van der Waals surface area contributed by atoms with E-state index in [0.29, 0.717) is 25.2 Å². The number of hydrogen-bond acceptors (Lipinski definition) is 4. The minimum Gasteiger partial charge on any atom is -0.354 e. The highest BCUT2D eigenvalue weighted by Gasteiger charge is 2.26. The summed E-state index contributed by atoms with van der Waals surface area (Å²) in [4.78, 5) is 27.6. The normalized spacial score (nSPS) is 12.1. The summed E-state index contributed by atoms with van der Waals surface area (Å²) in [6.45, 7) is 8.78. The zero-order valence-electron chi connectivity index (χ0n) is 21.6. The number of anilines is 1. The maximum absolute atomic E-state index is 13.3. The molecule has 0 radical (unpaired) electrons. The number of aryl methyl sites for hydroxylation is 2. The lowest BCUT2D eigenvalue weighted by atomic mass is 10.1. The summed E-state index contributed by atoms with van der Waals surface area (Å²) in [5.74, 6) is -0.365. The van der Waals surface area contributed by atoms with Crippen molar-refractivity contribution in [2.75, 3.05) is 23.7 Å². The Balaban J connectivity index is 2.13. The first-order valence-electron chi connectivity index (χ1n) is 12.2. The number of carbonyl (C=O) groups is 2. The summed E-state index contributed by atoms with van der Waals surface area (Å²) >= 11 is 0. The summed E-state index contributed by atoms with van der Waals surface area (Å²) < 4.78 is 26.3. The van der Waals surface area contributed by atoms with Gasteiger partial charge >= 0.3 is 0 Å². The molecule has 2 aromatic rings. The molecule has 0 aliphatic carbocycles. The first kappa shape index (κ1) is 28.4. The van der Waals surface area contributed by atoms with E-state index < -0.39 is 16.1 Å². The Kier molecular flexibility index (Phi) is 10.8. The van der Waals surface area contributed by atoms with Gasteiger partial charge < -0.3 is 10.2 Å². The molecule has 0 fully saturated rings. The zero-order valence-corrected chi connectivity index (χ0v) is 22.4. The van der Waals surface area contributed by atoms with Gasteiger partial charge in [-0.3, -0.25) is 13.9 Å². The average molecular weight is 502 g/mol. The molecule has 8 heteroatoms. The Morgan fingerprint density at radius 1 is 1.00 bits per heavy atom. The standard InChI is InChI=1S/C27H39N3O4S/c1-6-7-17-28-27(32)23(4)29(20-24-12-9-8-10-13-24)26(31)14-11-18-30(35(5,33)34)25-16-15-21(2)22(3)19-25/h8-10,12-13,15-16,19,23H,6-7,11,14,17-18,20H2,1-5H3,(H,28,32)/t23-/m0/s1. The average Bonchev–Trinajstić information content (AvgIpc) is 2.81. The van der Waals surface area contributed by atoms with Crippen LogP contribution in [-0.2, 0) is 26.2 Å².